The lowest BCUT2D eigenvalue weighted by Gasteiger charge is -2.42. The summed E-state index contributed by atoms with van der Waals surface area (Å²) in [4.78, 5) is 11.8. The van der Waals surface area contributed by atoms with Gasteiger partial charge in [-0.3, -0.25) is 4.99 Å². The van der Waals surface area contributed by atoms with Gasteiger partial charge < -0.3 is 29.0 Å². The van der Waals surface area contributed by atoms with Gasteiger partial charge in [0.1, 0.15) is 17.0 Å². The number of aliphatic hydroxyl groups excluding tert-OH is 1. The molecular formula is C26H29F2N3O5. The van der Waals surface area contributed by atoms with Gasteiger partial charge in [0, 0.05) is 29.8 Å². The Morgan fingerprint density at radius 1 is 1.19 bits per heavy atom. The van der Waals surface area contributed by atoms with Gasteiger partial charge in [0.2, 0.25) is 0 Å². The Balaban J connectivity index is 1.43. The third-order valence-corrected chi connectivity index (χ3v) is 6.39. The number of aromatic amines is 1. The molecule has 1 unspecified atom stereocenters. The first kappa shape index (κ1) is 24.6. The van der Waals surface area contributed by atoms with Gasteiger partial charge in [0.05, 0.1) is 44.5 Å². The van der Waals surface area contributed by atoms with Crippen LogP contribution in [0.3, 0.4) is 0 Å². The Bertz CT molecular complexity index is 1280. The van der Waals surface area contributed by atoms with Crippen LogP contribution in [-0.4, -0.2) is 60.0 Å². The van der Waals surface area contributed by atoms with E-state index in [-0.39, 0.29) is 24.9 Å². The minimum atomic E-state index is -0.844. The molecule has 2 aliphatic rings. The third-order valence-electron chi connectivity index (χ3n) is 6.39. The highest BCUT2D eigenvalue weighted by Gasteiger charge is 2.45. The van der Waals surface area contributed by atoms with E-state index in [1.807, 2.05) is 20.8 Å². The van der Waals surface area contributed by atoms with Crippen molar-refractivity contribution >= 4 is 16.9 Å². The lowest BCUT2D eigenvalue weighted by Crippen LogP contribution is -2.50. The maximum atomic E-state index is 15.1. The maximum absolute atomic E-state index is 15.1. The number of benzene rings is 1. The van der Waals surface area contributed by atoms with Gasteiger partial charge >= 0.3 is 0 Å². The molecule has 0 spiro atoms. The maximum Gasteiger partial charge on any atom is 0.198 e. The van der Waals surface area contributed by atoms with Gasteiger partial charge in [0.15, 0.2) is 23.3 Å². The van der Waals surface area contributed by atoms with Crippen molar-refractivity contribution in [2.24, 2.45) is 10.4 Å². The van der Waals surface area contributed by atoms with Crippen molar-refractivity contribution in [2.45, 2.75) is 38.9 Å². The molecule has 3 aromatic rings. The number of H-pyrrole nitrogens is 1. The van der Waals surface area contributed by atoms with E-state index in [1.54, 1.807) is 12.3 Å². The summed E-state index contributed by atoms with van der Waals surface area (Å²) < 4.78 is 53.2. The van der Waals surface area contributed by atoms with Crippen molar-refractivity contribution in [1.82, 2.24) is 9.97 Å². The Morgan fingerprint density at radius 2 is 1.94 bits per heavy atom. The molecule has 36 heavy (non-hydrogen) atoms. The Kier molecular flexibility index (Phi) is 6.44. The van der Waals surface area contributed by atoms with Gasteiger partial charge in [-0.15, -0.1) is 0 Å². The first-order valence-corrected chi connectivity index (χ1v) is 11.9. The number of aliphatic imine (C=N–C) groups is 1. The van der Waals surface area contributed by atoms with E-state index < -0.39 is 28.4 Å². The molecule has 8 nitrogen and oxygen atoms in total. The Morgan fingerprint density at radius 3 is 2.53 bits per heavy atom. The highest BCUT2D eigenvalue weighted by Crippen LogP contribution is 2.43. The zero-order chi connectivity index (χ0) is 25.5. The number of rotatable bonds is 8. The molecular weight excluding hydrogens is 472 g/mol. The van der Waals surface area contributed by atoms with Gasteiger partial charge in [0.25, 0.3) is 0 Å². The first-order chi connectivity index (χ1) is 17.2. The smallest absolute Gasteiger partial charge is 0.198 e. The zero-order valence-corrected chi connectivity index (χ0v) is 20.4. The molecule has 10 heteroatoms. The molecule has 0 bridgehead atoms. The molecule has 2 aromatic heterocycles. The quantitative estimate of drug-likeness (QED) is 0.479. The summed E-state index contributed by atoms with van der Waals surface area (Å²) in [5, 5.41) is 10.0. The van der Waals surface area contributed by atoms with Crippen molar-refractivity contribution in [3.63, 3.8) is 0 Å². The normalized spacial score (nSPS) is 21.2. The summed E-state index contributed by atoms with van der Waals surface area (Å²) in [6, 6.07) is 3.99. The summed E-state index contributed by atoms with van der Waals surface area (Å²) in [7, 11) is 0. The minimum absolute atomic E-state index is 0.0536. The summed E-state index contributed by atoms with van der Waals surface area (Å²) in [5.74, 6) is -1.57. The number of halogens is 2. The van der Waals surface area contributed by atoms with Crippen molar-refractivity contribution in [2.75, 3.05) is 33.0 Å². The number of nitrogens with one attached hydrogen (secondary N) is 1. The second-order valence-electron chi connectivity index (χ2n) is 10.0. The molecule has 0 amide bonds. The SMILES string of the molecule is CC(C)OC1(c2c[nH]c3nccc(Oc4c(F)cc(CC5=NCC(C)(CO)CO5)cc4F)c23)COC1. The molecule has 192 valence electrons. The number of hydrogen-bond donors (Lipinski definition) is 2. The largest absolute Gasteiger partial charge is 0.480 e. The molecule has 1 fully saturated rings. The molecule has 0 saturated carbocycles. The Labute approximate surface area is 207 Å². The highest BCUT2D eigenvalue weighted by molar-refractivity contribution is 5.87. The van der Waals surface area contributed by atoms with Gasteiger partial charge in [-0.05, 0) is 37.6 Å². The van der Waals surface area contributed by atoms with Crippen molar-refractivity contribution in [1.29, 1.82) is 0 Å². The highest BCUT2D eigenvalue weighted by atomic mass is 19.1. The number of nitrogens with zero attached hydrogens (tertiary/aromatic N) is 2. The van der Waals surface area contributed by atoms with E-state index in [2.05, 4.69) is 15.0 Å². The summed E-state index contributed by atoms with van der Waals surface area (Å²) in [6.07, 6.45) is 3.36. The van der Waals surface area contributed by atoms with Crippen LogP contribution in [0.15, 0.2) is 35.6 Å². The number of aromatic nitrogens is 2. The van der Waals surface area contributed by atoms with Crippen molar-refractivity contribution < 1.29 is 32.8 Å². The second kappa shape index (κ2) is 9.42. The molecule has 1 atom stereocenters. The number of fused-ring (bicyclic) bond motifs is 1. The fraction of sp³-hybridized carbons (Fsp3) is 0.462. The van der Waals surface area contributed by atoms with E-state index in [9.17, 15) is 5.11 Å². The van der Waals surface area contributed by atoms with E-state index in [0.29, 0.717) is 48.9 Å². The van der Waals surface area contributed by atoms with Gasteiger partial charge in [-0.1, -0.05) is 6.92 Å². The molecule has 2 N–H and O–H groups in total. The van der Waals surface area contributed by atoms with Crippen molar-refractivity contribution in [3.8, 4) is 11.5 Å². The van der Waals surface area contributed by atoms with Crippen LogP contribution in [0.4, 0.5) is 8.78 Å². The standard InChI is InChI=1S/C26H29F2N3O5/c1-15(2)36-26(13-33-14-26)17-9-30-24-22(17)20(4-5-29-24)35-23-18(27)6-16(7-19(23)28)8-21-31-10-25(3,11-32)12-34-21/h4-7,9,15,32H,8,10-14H2,1-3H3,(H,29,30). The average molecular weight is 502 g/mol. The van der Waals surface area contributed by atoms with E-state index >= 15 is 8.78 Å². The Hall–Kier alpha value is -3.08. The second-order valence-corrected chi connectivity index (χ2v) is 10.0. The van der Waals surface area contributed by atoms with Crippen LogP contribution in [-0.2, 0) is 26.2 Å². The van der Waals surface area contributed by atoms with E-state index in [4.69, 9.17) is 18.9 Å². The van der Waals surface area contributed by atoms with Crippen LogP contribution >= 0.6 is 0 Å². The molecule has 5 rings (SSSR count). The molecule has 0 radical (unpaired) electrons. The topological polar surface area (TPSA) is 98.2 Å². The number of aliphatic hydroxyl groups is 1. The summed E-state index contributed by atoms with van der Waals surface area (Å²) >= 11 is 0. The van der Waals surface area contributed by atoms with Crippen LogP contribution in [0.2, 0.25) is 0 Å². The first-order valence-electron chi connectivity index (χ1n) is 11.9. The van der Waals surface area contributed by atoms with E-state index in [0.717, 1.165) is 5.56 Å². The van der Waals surface area contributed by atoms with Crippen molar-refractivity contribution in [3.05, 3.63) is 53.4 Å². The van der Waals surface area contributed by atoms with E-state index in [1.165, 1.54) is 18.3 Å². The monoisotopic (exact) mass is 501 g/mol. The number of ether oxygens (including phenoxy) is 4. The predicted octanol–water partition coefficient (Wildman–Crippen LogP) is 4.25. The fourth-order valence-corrected chi connectivity index (χ4v) is 4.42. The van der Waals surface area contributed by atoms with Crippen LogP contribution in [0, 0.1) is 17.0 Å². The third kappa shape index (κ3) is 4.56. The lowest BCUT2D eigenvalue weighted by atomic mass is 9.91. The number of pyridine rings is 1. The number of hydrogen-bond acceptors (Lipinski definition) is 7. The molecule has 1 saturated heterocycles. The van der Waals surface area contributed by atoms with Crippen LogP contribution < -0.4 is 4.74 Å². The average Bonchev–Trinajstić information content (AvgIpc) is 3.25. The fourth-order valence-electron chi connectivity index (χ4n) is 4.42. The zero-order valence-electron chi connectivity index (χ0n) is 20.4. The van der Waals surface area contributed by atoms with Gasteiger partial charge in [-0.25, -0.2) is 13.8 Å². The lowest BCUT2D eigenvalue weighted by molar-refractivity contribution is -0.231. The van der Waals surface area contributed by atoms with Crippen LogP contribution in [0.25, 0.3) is 11.0 Å². The molecule has 1 aromatic carbocycles. The summed E-state index contributed by atoms with van der Waals surface area (Å²) in [6.45, 7) is 7.06. The van der Waals surface area contributed by atoms with Gasteiger partial charge in [-0.2, -0.15) is 0 Å². The van der Waals surface area contributed by atoms with Crippen LogP contribution in [0.5, 0.6) is 11.5 Å². The molecule has 4 heterocycles. The predicted molar refractivity (Wildman–Crippen MR) is 128 cm³/mol. The minimum Gasteiger partial charge on any atom is -0.480 e. The van der Waals surface area contributed by atoms with Crippen LogP contribution in [0.1, 0.15) is 31.9 Å². The summed E-state index contributed by atoms with van der Waals surface area (Å²) in [5.41, 5.74) is 0.499. The molecule has 2 aliphatic heterocycles. The molecule has 0 aliphatic carbocycles.